The van der Waals surface area contributed by atoms with E-state index < -0.39 is 15.5 Å². The molecule has 0 fully saturated rings. The fraction of sp³-hybridized carbons (Fsp3) is 0.400. The van der Waals surface area contributed by atoms with Crippen LogP contribution in [0.15, 0.2) is 6.07 Å². The summed E-state index contributed by atoms with van der Waals surface area (Å²) in [6.45, 7) is 0.847. The third-order valence-electron chi connectivity index (χ3n) is 2.63. The zero-order chi connectivity index (χ0) is 13.5. The van der Waals surface area contributed by atoms with E-state index in [1.54, 1.807) is 0 Å². The fourth-order valence-electron chi connectivity index (χ4n) is 1.84. The molecule has 0 aliphatic carbocycles. The molecule has 5 nitrogen and oxygen atoms in total. The lowest BCUT2D eigenvalue weighted by atomic mass is 10.2. The van der Waals surface area contributed by atoms with Crippen molar-refractivity contribution in [2.45, 2.75) is 16.9 Å². The van der Waals surface area contributed by atoms with Crippen molar-refractivity contribution in [3.05, 3.63) is 23.0 Å². The van der Waals surface area contributed by atoms with E-state index in [1.165, 1.54) is 10.6 Å². The Bertz CT molecular complexity index is 518. The summed E-state index contributed by atoms with van der Waals surface area (Å²) in [6.07, 6.45) is 0. The maximum atomic E-state index is 11.9. The van der Waals surface area contributed by atoms with Crippen LogP contribution in [0.1, 0.15) is 26.5 Å². The van der Waals surface area contributed by atoms with Crippen LogP contribution in [0.25, 0.3) is 0 Å². The Hall–Kier alpha value is -0.750. The number of aromatic carboxylic acids is 1. The van der Waals surface area contributed by atoms with E-state index in [0.717, 1.165) is 0 Å². The molecule has 0 saturated carbocycles. The SMILES string of the molecule is O=C(O)c1cc(C(=O)C(Cl)(Cl)Cl)n2c1COCC2. The van der Waals surface area contributed by atoms with E-state index in [9.17, 15) is 9.59 Å². The van der Waals surface area contributed by atoms with Crippen LogP contribution in [-0.2, 0) is 17.9 Å². The Labute approximate surface area is 117 Å². The van der Waals surface area contributed by atoms with Gasteiger partial charge in [0, 0.05) is 6.54 Å². The van der Waals surface area contributed by atoms with Gasteiger partial charge in [-0.1, -0.05) is 34.8 Å². The minimum absolute atomic E-state index is 0.00713. The first-order valence-corrected chi connectivity index (χ1v) is 6.10. The van der Waals surface area contributed by atoms with Crippen LogP contribution < -0.4 is 0 Å². The van der Waals surface area contributed by atoms with Gasteiger partial charge in [0.1, 0.15) is 0 Å². The van der Waals surface area contributed by atoms with Crippen molar-refractivity contribution in [1.82, 2.24) is 4.57 Å². The summed E-state index contributed by atoms with van der Waals surface area (Å²) in [5.74, 6) is -1.89. The van der Waals surface area contributed by atoms with E-state index in [1.807, 2.05) is 0 Å². The van der Waals surface area contributed by atoms with Crippen molar-refractivity contribution in [2.75, 3.05) is 6.61 Å². The Morgan fingerprint density at radius 2 is 2.06 bits per heavy atom. The summed E-state index contributed by atoms with van der Waals surface area (Å²) in [7, 11) is 0. The number of carbonyl (C=O) groups is 2. The minimum Gasteiger partial charge on any atom is -0.478 e. The first-order chi connectivity index (χ1) is 8.32. The normalized spacial score (nSPS) is 15.3. The average Bonchev–Trinajstić information content (AvgIpc) is 2.66. The fourth-order valence-corrected chi connectivity index (χ4v) is 2.13. The second-order valence-corrected chi connectivity index (χ2v) is 6.01. The smallest absolute Gasteiger partial charge is 0.337 e. The number of fused-ring (bicyclic) bond motifs is 1. The number of ketones is 1. The molecule has 1 N–H and O–H groups in total. The Balaban J connectivity index is 2.55. The Morgan fingerprint density at radius 1 is 1.39 bits per heavy atom. The number of hydrogen-bond donors (Lipinski definition) is 1. The Morgan fingerprint density at radius 3 is 2.61 bits per heavy atom. The summed E-state index contributed by atoms with van der Waals surface area (Å²) >= 11 is 16.6. The predicted octanol–water partition coefficient (Wildman–Crippen LogP) is 2.27. The number of rotatable bonds is 2. The van der Waals surface area contributed by atoms with Crippen LogP contribution in [0.5, 0.6) is 0 Å². The van der Waals surface area contributed by atoms with Crippen LogP contribution in [0.3, 0.4) is 0 Å². The molecule has 0 radical (unpaired) electrons. The van der Waals surface area contributed by atoms with Crippen LogP contribution in [0, 0.1) is 0 Å². The van der Waals surface area contributed by atoms with E-state index in [4.69, 9.17) is 44.6 Å². The van der Waals surface area contributed by atoms with Crippen molar-refractivity contribution < 1.29 is 19.4 Å². The molecule has 1 aliphatic heterocycles. The quantitative estimate of drug-likeness (QED) is 0.672. The number of ether oxygens (including phenoxy) is 1. The Kier molecular flexibility index (Phi) is 3.60. The van der Waals surface area contributed by atoms with Gasteiger partial charge in [0.15, 0.2) is 0 Å². The van der Waals surface area contributed by atoms with Crippen molar-refractivity contribution in [1.29, 1.82) is 0 Å². The predicted molar refractivity (Wildman–Crippen MR) is 65.7 cm³/mol. The molecular weight excluding hydrogens is 304 g/mol. The lowest BCUT2D eigenvalue weighted by Crippen LogP contribution is -2.26. The molecule has 1 aromatic heterocycles. The number of carbonyl (C=O) groups excluding carboxylic acids is 1. The van der Waals surface area contributed by atoms with Crippen molar-refractivity contribution in [3.63, 3.8) is 0 Å². The molecule has 0 aromatic carbocycles. The molecule has 2 rings (SSSR count). The highest BCUT2D eigenvalue weighted by Gasteiger charge is 2.36. The average molecular weight is 313 g/mol. The molecule has 2 heterocycles. The van der Waals surface area contributed by atoms with Crippen molar-refractivity contribution in [3.8, 4) is 0 Å². The highest BCUT2D eigenvalue weighted by Crippen LogP contribution is 2.32. The molecule has 1 aliphatic rings. The summed E-state index contributed by atoms with van der Waals surface area (Å²) < 4.78 is 4.59. The summed E-state index contributed by atoms with van der Waals surface area (Å²) in [4.78, 5) is 23.0. The lowest BCUT2D eigenvalue weighted by Gasteiger charge is -2.19. The minimum atomic E-state index is -2.11. The second kappa shape index (κ2) is 4.74. The monoisotopic (exact) mass is 311 g/mol. The number of carboxylic acids is 1. The number of alkyl halides is 3. The van der Waals surface area contributed by atoms with Gasteiger partial charge in [0.05, 0.1) is 30.2 Å². The van der Waals surface area contributed by atoms with Gasteiger partial charge in [-0.05, 0) is 6.07 Å². The van der Waals surface area contributed by atoms with Gasteiger partial charge >= 0.3 is 5.97 Å². The summed E-state index contributed by atoms with van der Waals surface area (Å²) in [6, 6.07) is 1.22. The van der Waals surface area contributed by atoms with Crippen LogP contribution in [0.2, 0.25) is 0 Å². The second-order valence-electron chi connectivity index (χ2n) is 3.73. The topological polar surface area (TPSA) is 68.5 Å². The molecule has 0 bridgehead atoms. The lowest BCUT2D eigenvalue weighted by molar-refractivity contribution is 0.0657. The van der Waals surface area contributed by atoms with Crippen LogP contribution >= 0.6 is 34.8 Å². The molecule has 0 unspecified atom stereocenters. The maximum absolute atomic E-state index is 11.9. The molecule has 18 heavy (non-hydrogen) atoms. The summed E-state index contributed by atoms with van der Waals surface area (Å²) in [5.41, 5.74) is 0.476. The van der Waals surface area contributed by atoms with Crippen LogP contribution in [-0.4, -0.2) is 31.8 Å². The number of halogens is 3. The highest BCUT2D eigenvalue weighted by molar-refractivity contribution is 6.77. The van der Waals surface area contributed by atoms with Gasteiger partial charge in [-0.2, -0.15) is 0 Å². The van der Waals surface area contributed by atoms with E-state index >= 15 is 0 Å². The first-order valence-electron chi connectivity index (χ1n) is 4.97. The largest absolute Gasteiger partial charge is 0.478 e. The van der Waals surface area contributed by atoms with Gasteiger partial charge in [-0.3, -0.25) is 4.79 Å². The first kappa shape index (κ1) is 13.7. The van der Waals surface area contributed by atoms with E-state index in [2.05, 4.69) is 0 Å². The van der Waals surface area contributed by atoms with Gasteiger partial charge in [0.25, 0.3) is 3.79 Å². The molecule has 0 spiro atoms. The molecule has 1 aromatic rings. The molecule has 0 amide bonds. The summed E-state index contributed by atoms with van der Waals surface area (Å²) in [5, 5.41) is 9.06. The number of Topliss-reactive ketones (excluding diaryl/α,β-unsaturated/α-hetero) is 1. The van der Waals surface area contributed by atoms with Gasteiger partial charge in [-0.15, -0.1) is 0 Å². The molecule has 0 atom stereocenters. The zero-order valence-electron chi connectivity index (χ0n) is 8.95. The zero-order valence-corrected chi connectivity index (χ0v) is 11.2. The highest BCUT2D eigenvalue weighted by atomic mass is 35.6. The van der Waals surface area contributed by atoms with Gasteiger partial charge < -0.3 is 14.4 Å². The van der Waals surface area contributed by atoms with Crippen molar-refractivity contribution in [2.24, 2.45) is 0 Å². The molecule has 0 saturated heterocycles. The van der Waals surface area contributed by atoms with Crippen molar-refractivity contribution >= 4 is 46.6 Å². The number of carboxylic acid groups (broad SMARTS) is 1. The molecular formula is C10H8Cl3NO4. The molecule has 8 heteroatoms. The standard InChI is InChI=1S/C10H8Cl3NO4/c11-10(12,13)8(15)6-3-5(9(16)17)7-4-18-2-1-14(6)7/h3H,1-2,4H2,(H,16,17). The number of aromatic nitrogens is 1. The van der Waals surface area contributed by atoms with E-state index in [0.29, 0.717) is 18.8 Å². The number of nitrogens with zero attached hydrogens (tertiary/aromatic N) is 1. The molecule has 98 valence electrons. The van der Waals surface area contributed by atoms with Gasteiger partial charge in [0.2, 0.25) is 5.78 Å². The number of hydrogen-bond acceptors (Lipinski definition) is 3. The van der Waals surface area contributed by atoms with Gasteiger partial charge in [-0.25, -0.2) is 4.79 Å². The third kappa shape index (κ3) is 2.36. The van der Waals surface area contributed by atoms with E-state index in [-0.39, 0.29) is 17.9 Å². The maximum Gasteiger partial charge on any atom is 0.337 e. The third-order valence-corrected chi connectivity index (χ3v) is 3.14. The van der Waals surface area contributed by atoms with Crippen LogP contribution in [0.4, 0.5) is 0 Å².